The van der Waals surface area contributed by atoms with Crippen molar-refractivity contribution in [2.24, 2.45) is 0 Å². The summed E-state index contributed by atoms with van der Waals surface area (Å²) in [5.41, 5.74) is 0. The van der Waals surface area contributed by atoms with E-state index in [4.69, 9.17) is 21.1 Å². The molecule has 9 heteroatoms. The average molecular weight is 445 g/mol. The van der Waals surface area contributed by atoms with Gasteiger partial charge in [-0.15, -0.1) is 0 Å². The highest BCUT2D eigenvalue weighted by atomic mass is 35.5. The van der Waals surface area contributed by atoms with Gasteiger partial charge in [-0.05, 0) is 31.0 Å². The van der Waals surface area contributed by atoms with Crippen molar-refractivity contribution >= 4 is 27.5 Å². The van der Waals surface area contributed by atoms with Gasteiger partial charge in [0.25, 0.3) is 5.91 Å². The predicted octanol–water partition coefficient (Wildman–Crippen LogP) is 2.97. The molecule has 0 unspecified atom stereocenters. The van der Waals surface area contributed by atoms with E-state index >= 15 is 0 Å². The molecule has 0 aromatic heterocycles. The average Bonchev–Trinajstić information content (AvgIpc) is 2.69. The zero-order valence-electron chi connectivity index (χ0n) is 16.6. The summed E-state index contributed by atoms with van der Waals surface area (Å²) in [5.74, 6) is -0.103. The Labute approximate surface area is 177 Å². The van der Waals surface area contributed by atoms with Gasteiger partial charge in [-0.25, -0.2) is 8.42 Å². The van der Waals surface area contributed by atoms with Crippen LogP contribution in [-0.2, 0) is 19.6 Å². The molecule has 0 radical (unpaired) electrons. The van der Waals surface area contributed by atoms with E-state index in [1.807, 2.05) is 0 Å². The van der Waals surface area contributed by atoms with Gasteiger partial charge in [0, 0.05) is 24.2 Å². The number of carbonyl (C=O) groups excluding carboxylic acids is 1. The lowest BCUT2D eigenvalue weighted by atomic mass is 9.97. The van der Waals surface area contributed by atoms with Crippen LogP contribution >= 0.6 is 11.6 Å². The highest BCUT2D eigenvalue weighted by Gasteiger charge is 2.30. The normalized spacial score (nSPS) is 19.9. The van der Waals surface area contributed by atoms with Crippen LogP contribution in [0.2, 0.25) is 5.02 Å². The van der Waals surface area contributed by atoms with Gasteiger partial charge in [-0.2, -0.15) is 4.31 Å². The van der Waals surface area contributed by atoms with Crippen molar-refractivity contribution in [3.63, 3.8) is 0 Å². The Morgan fingerprint density at radius 2 is 1.79 bits per heavy atom. The first kappa shape index (κ1) is 22.3. The van der Waals surface area contributed by atoms with Gasteiger partial charge in [-0.1, -0.05) is 43.7 Å². The fourth-order valence-electron chi connectivity index (χ4n) is 3.74. The summed E-state index contributed by atoms with van der Waals surface area (Å²) in [6, 6.07) is 4.59. The first-order chi connectivity index (χ1) is 14.0. The molecule has 1 saturated heterocycles. The highest BCUT2D eigenvalue weighted by Crippen LogP contribution is 2.30. The van der Waals surface area contributed by atoms with E-state index in [1.54, 1.807) is 6.07 Å². The monoisotopic (exact) mass is 444 g/mol. The van der Waals surface area contributed by atoms with E-state index in [1.165, 1.54) is 35.7 Å². The number of halogens is 1. The predicted molar refractivity (Wildman–Crippen MR) is 111 cm³/mol. The first-order valence-corrected chi connectivity index (χ1v) is 12.1. The van der Waals surface area contributed by atoms with Crippen LogP contribution in [0, 0.1) is 0 Å². The molecule has 0 atom stereocenters. The molecule has 1 heterocycles. The number of ether oxygens (including phenoxy) is 2. The Kier molecular flexibility index (Phi) is 8.17. The van der Waals surface area contributed by atoms with Gasteiger partial charge < -0.3 is 14.8 Å². The summed E-state index contributed by atoms with van der Waals surface area (Å²) in [5, 5.41) is 3.32. The summed E-state index contributed by atoms with van der Waals surface area (Å²) in [6.07, 6.45) is 7.86. The van der Waals surface area contributed by atoms with Crippen LogP contribution in [0.4, 0.5) is 0 Å². The van der Waals surface area contributed by atoms with Crippen LogP contribution in [0.5, 0.6) is 5.75 Å². The molecule has 3 rings (SSSR count). The Hall–Kier alpha value is -1.35. The largest absolute Gasteiger partial charge is 0.482 e. The molecule has 2 aliphatic rings. The van der Waals surface area contributed by atoms with Crippen molar-refractivity contribution in [3.05, 3.63) is 23.2 Å². The molecule has 1 aromatic carbocycles. The van der Waals surface area contributed by atoms with Crippen LogP contribution in [0.15, 0.2) is 23.1 Å². The number of rotatable bonds is 6. The summed E-state index contributed by atoms with van der Waals surface area (Å²) in [6.45, 7) is 1.01. The second-order valence-electron chi connectivity index (χ2n) is 7.51. The quantitative estimate of drug-likeness (QED) is 0.729. The smallest absolute Gasteiger partial charge is 0.258 e. The molecule has 0 spiro atoms. The third-order valence-electron chi connectivity index (χ3n) is 5.32. The van der Waals surface area contributed by atoms with Gasteiger partial charge in [-0.3, -0.25) is 4.79 Å². The number of nitrogens with one attached hydrogen (secondary N) is 1. The van der Waals surface area contributed by atoms with Crippen molar-refractivity contribution < 1.29 is 22.7 Å². The van der Waals surface area contributed by atoms with E-state index in [0.717, 1.165) is 25.7 Å². The molecule has 0 bridgehead atoms. The van der Waals surface area contributed by atoms with Gasteiger partial charge in [0.1, 0.15) is 10.6 Å². The number of hydrogen-bond donors (Lipinski definition) is 1. The number of carbonyl (C=O) groups is 1. The molecule has 29 heavy (non-hydrogen) atoms. The van der Waals surface area contributed by atoms with E-state index < -0.39 is 10.0 Å². The maximum absolute atomic E-state index is 13.0. The molecule has 1 aliphatic heterocycles. The molecular formula is C20H29ClN2O5S. The zero-order chi connectivity index (χ0) is 20.7. The van der Waals surface area contributed by atoms with Gasteiger partial charge in [0.2, 0.25) is 10.0 Å². The number of hydrogen-bond acceptors (Lipinski definition) is 5. The lowest BCUT2D eigenvalue weighted by molar-refractivity contribution is -0.124. The van der Waals surface area contributed by atoms with Gasteiger partial charge in [0.15, 0.2) is 6.61 Å². The second kappa shape index (κ2) is 10.6. The fraction of sp³-hybridized carbons (Fsp3) is 0.650. The third-order valence-corrected chi connectivity index (χ3v) is 7.48. The van der Waals surface area contributed by atoms with Crippen LogP contribution in [0.1, 0.15) is 44.9 Å². The van der Waals surface area contributed by atoms with Crippen LogP contribution < -0.4 is 10.1 Å². The minimum Gasteiger partial charge on any atom is -0.482 e. The molecule has 1 aromatic rings. The molecule has 1 amide bonds. The molecule has 1 saturated carbocycles. The van der Waals surface area contributed by atoms with Crippen LogP contribution in [0.25, 0.3) is 0 Å². The summed E-state index contributed by atoms with van der Waals surface area (Å²) >= 11 is 6.04. The number of benzene rings is 1. The van der Waals surface area contributed by atoms with Crippen molar-refractivity contribution in [3.8, 4) is 5.75 Å². The summed E-state index contributed by atoms with van der Waals surface area (Å²) in [4.78, 5) is 12.4. The summed E-state index contributed by atoms with van der Waals surface area (Å²) in [7, 11) is -3.79. The summed E-state index contributed by atoms with van der Waals surface area (Å²) < 4.78 is 38.3. The number of morpholine rings is 1. The zero-order valence-corrected chi connectivity index (χ0v) is 18.1. The molecule has 7 nitrogen and oxygen atoms in total. The second-order valence-corrected chi connectivity index (χ2v) is 9.85. The van der Waals surface area contributed by atoms with Crippen molar-refractivity contribution in [1.82, 2.24) is 9.62 Å². The van der Waals surface area contributed by atoms with Gasteiger partial charge >= 0.3 is 0 Å². The maximum Gasteiger partial charge on any atom is 0.258 e. The van der Waals surface area contributed by atoms with E-state index in [-0.39, 0.29) is 42.3 Å². The molecule has 2 fully saturated rings. The van der Waals surface area contributed by atoms with Crippen LogP contribution in [0.3, 0.4) is 0 Å². The highest BCUT2D eigenvalue weighted by molar-refractivity contribution is 7.89. The molecule has 1 aliphatic carbocycles. The van der Waals surface area contributed by atoms with Crippen molar-refractivity contribution in [2.45, 2.75) is 55.9 Å². The van der Waals surface area contributed by atoms with Gasteiger partial charge in [0.05, 0.1) is 13.2 Å². The minimum atomic E-state index is -3.79. The SMILES string of the molecule is O=C(COc1ccc(Cl)cc1S(=O)(=O)N1CCOCC1)NC1CCCCCCC1. The van der Waals surface area contributed by atoms with E-state index in [0.29, 0.717) is 18.2 Å². The Balaban J connectivity index is 1.65. The lowest BCUT2D eigenvalue weighted by Crippen LogP contribution is -2.41. The van der Waals surface area contributed by atoms with E-state index in [9.17, 15) is 13.2 Å². The van der Waals surface area contributed by atoms with Crippen molar-refractivity contribution in [1.29, 1.82) is 0 Å². The standard InChI is InChI=1S/C20H29ClN2O5S/c21-16-8-9-18(19(14-16)29(25,26)23-10-12-27-13-11-23)28-15-20(24)22-17-6-4-2-1-3-5-7-17/h8-9,14,17H,1-7,10-13,15H2,(H,22,24). The lowest BCUT2D eigenvalue weighted by Gasteiger charge is -2.27. The fourth-order valence-corrected chi connectivity index (χ4v) is 5.54. The van der Waals surface area contributed by atoms with E-state index in [2.05, 4.69) is 5.32 Å². The van der Waals surface area contributed by atoms with Crippen molar-refractivity contribution in [2.75, 3.05) is 32.9 Å². The third kappa shape index (κ3) is 6.31. The number of amides is 1. The molecule has 162 valence electrons. The number of nitrogens with zero attached hydrogens (tertiary/aromatic N) is 1. The number of sulfonamides is 1. The molecule has 1 N–H and O–H groups in total. The Morgan fingerprint density at radius 1 is 1.14 bits per heavy atom. The first-order valence-electron chi connectivity index (χ1n) is 10.3. The van der Waals surface area contributed by atoms with Crippen LogP contribution in [-0.4, -0.2) is 57.6 Å². The minimum absolute atomic E-state index is 0.0225. The maximum atomic E-state index is 13.0. The Bertz CT molecular complexity index is 788. The Morgan fingerprint density at radius 3 is 2.48 bits per heavy atom. The topological polar surface area (TPSA) is 84.9 Å². The molecular weight excluding hydrogens is 416 g/mol.